The molecule has 0 radical (unpaired) electrons. The molecule has 2 heterocycles. The predicted octanol–water partition coefficient (Wildman–Crippen LogP) is 2.51. The first-order valence-electron chi connectivity index (χ1n) is 6.97. The second-order valence-corrected chi connectivity index (χ2v) is 5.63. The van der Waals surface area contributed by atoms with Crippen molar-refractivity contribution < 1.29 is 19.1 Å². The quantitative estimate of drug-likeness (QED) is 0.900. The Kier molecular flexibility index (Phi) is 3.31. The van der Waals surface area contributed by atoms with Gasteiger partial charge in [-0.15, -0.1) is 0 Å². The molecule has 5 nitrogen and oxygen atoms in total. The monoisotopic (exact) mass is 302 g/mol. The highest BCUT2D eigenvalue weighted by Crippen LogP contribution is 2.33. The Bertz CT molecular complexity index is 771. The van der Waals surface area contributed by atoms with Crippen LogP contribution in [0.4, 0.5) is 4.39 Å². The Morgan fingerprint density at radius 2 is 2.14 bits per heavy atom. The van der Waals surface area contributed by atoms with Crippen molar-refractivity contribution in [1.29, 1.82) is 0 Å². The van der Waals surface area contributed by atoms with Crippen molar-refractivity contribution in [1.82, 2.24) is 4.98 Å². The molecule has 0 bridgehead atoms. The van der Waals surface area contributed by atoms with E-state index in [1.54, 1.807) is 13.8 Å². The Balaban J connectivity index is 1.91. The summed E-state index contributed by atoms with van der Waals surface area (Å²) in [6.45, 7) is 3.39. The molecule has 0 unspecified atom stereocenters. The number of fused-ring (bicyclic) bond motifs is 1. The maximum Gasteiger partial charge on any atom is 0.337 e. The molecule has 0 fully saturated rings. The number of aliphatic imine (C=N–C) groups is 1. The smallest absolute Gasteiger partial charge is 0.337 e. The van der Waals surface area contributed by atoms with Crippen LogP contribution in [0.5, 0.6) is 0 Å². The van der Waals surface area contributed by atoms with Gasteiger partial charge in [0.1, 0.15) is 5.83 Å². The van der Waals surface area contributed by atoms with Crippen LogP contribution in [0.3, 0.4) is 0 Å². The van der Waals surface area contributed by atoms with Crippen molar-refractivity contribution in [2.24, 2.45) is 16.8 Å². The maximum atomic E-state index is 13.4. The van der Waals surface area contributed by atoms with Crippen LogP contribution in [0.25, 0.3) is 0 Å². The van der Waals surface area contributed by atoms with Crippen molar-refractivity contribution >= 4 is 17.6 Å². The van der Waals surface area contributed by atoms with Gasteiger partial charge in [0, 0.05) is 23.7 Å². The first kappa shape index (κ1) is 14.4. The van der Waals surface area contributed by atoms with E-state index in [2.05, 4.69) is 9.98 Å². The number of aromatic nitrogens is 1. The van der Waals surface area contributed by atoms with E-state index in [-0.39, 0.29) is 23.2 Å². The number of aryl methyl sites for hydroxylation is 1. The Morgan fingerprint density at radius 3 is 2.77 bits per heavy atom. The molecule has 0 spiro atoms. The van der Waals surface area contributed by atoms with Crippen LogP contribution in [0, 0.1) is 25.7 Å². The topological polar surface area (TPSA) is 82.5 Å². The zero-order valence-corrected chi connectivity index (χ0v) is 12.2. The zero-order chi connectivity index (χ0) is 16.0. The molecule has 114 valence electrons. The SMILES string of the molecule is Cc1[nH]c(C[C@@H]2C(=O)N=C3C=CC(F)=C[C@H]32)c(C)c1C(=O)O. The minimum atomic E-state index is -1.00. The molecule has 0 aromatic carbocycles. The summed E-state index contributed by atoms with van der Waals surface area (Å²) >= 11 is 0. The third-order valence-electron chi connectivity index (χ3n) is 4.26. The summed E-state index contributed by atoms with van der Waals surface area (Å²) in [6, 6.07) is 0. The Hall–Kier alpha value is -2.50. The van der Waals surface area contributed by atoms with Crippen LogP contribution in [0.15, 0.2) is 29.0 Å². The van der Waals surface area contributed by atoms with Gasteiger partial charge in [-0.1, -0.05) is 0 Å². The number of rotatable bonds is 3. The molecule has 3 rings (SSSR count). The molecule has 0 saturated carbocycles. The van der Waals surface area contributed by atoms with Gasteiger partial charge in [0.15, 0.2) is 0 Å². The van der Waals surface area contributed by atoms with Gasteiger partial charge in [0.05, 0.1) is 17.2 Å². The highest BCUT2D eigenvalue weighted by Gasteiger charge is 2.38. The van der Waals surface area contributed by atoms with Crippen molar-refractivity contribution in [2.45, 2.75) is 20.3 Å². The zero-order valence-electron chi connectivity index (χ0n) is 12.2. The molecule has 1 aromatic heterocycles. The molecule has 1 aliphatic heterocycles. The average Bonchev–Trinajstić information content (AvgIpc) is 2.88. The molecule has 1 amide bonds. The fraction of sp³-hybridized carbons (Fsp3) is 0.312. The average molecular weight is 302 g/mol. The van der Waals surface area contributed by atoms with Crippen LogP contribution < -0.4 is 0 Å². The third kappa shape index (κ3) is 2.20. The fourth-order valence-electron chi connectivity index (χ4n) is 3.16. The summed E-state index contributed by atoms with van der Waals surface area (Å²) in [5.74, 6) is -2.55. The predicted molar refractivity (Wildman–Crippen MR) is 78.7 cm³/mol. The minimum absolute atomic E-state index is 0.229. The van der Waals surface area contributed by atoms with Gasteiger partial charge in [-0.25, -0.2) is 14.2 Å². The van der Waals surface area contributed by atoms with E-state index < -0.39 is 11.9 Å². The molecule has 1 aromatic rings. The van der Waals surface area contributed by atoms with E-state index in [9.17, 15) is 19.1 Å². The molecular weight excluding hydrogens is 287 g/mol. The highest BCUT2D eigenvalue weighted by molar-refractivity contribution is 6.12. The largest absolute Gasteiger partial charge is 0.478 e. The van der Waals surface area contributed by atoms with Gasteiger partial charge in [0.25, 0.3) is 0 Å². The second kappa shape index (κ2) is 5.05. The third-order valence-corrected chi connectivity index (χ3v) is 4.26. The van der Waals surface area contributed by atoms with Crippen molar-refractivity contribution in [3.63, 3.8) is 0 Å². The highest BCUT2D eigenvalue weighted by atomic mass is 19.1. The number of allylic oxidation sites excluding steroid dienone is 4. The van der Waals surface area contributed by atoms with E-state index in [0.717, 1.165) is 0 Å². The second-order valence-electron chi connectivity index (χ2n) is 5.63. The number of nitrogens with one attached hydrogen (secondary N) is 1. The number of halogens is 1. The molecule has 2 N–H and O–H groups in total. The number of amides is 1. The van der Waals surface area contributed by atoms with E-state index in [0.29, 0.717) is 29.1 Å². The van der Waals surface area contributed by atoms with Crippen LogP contribution in [0.2, 0.25) is 0 Å². The number of hydrogen-bond acceptors (Lipinski definition) is 2. The summed E-state index contributed by atoms with van der Waals surface area (Å²) in [5, 5.41) is 9.22. The first-order chi connectivity index (χ1) is 10.4. The van der Waals surface area contributed by atoms with Gasteiger partial charge in [0.2, 0.25) is 5.91 Å². The Labute approximate surface area is 126 Å². The normalized spacial score (nSPS) is 23.3. The number of carboxylic acids is 1. The van der Waals surface area contributed by atoms with Gasteiger partial charge < -0.3 is 10.1 Å². The molecule has 2 aliphatic rings. The lowest BCUT2D eigenvalue weighted by Gasteiger charge is -2.17. The summed E-state index contributed by atoms with van der Waals surface area (Å²) < 4.78 is 13.4. The lowest BCUT2D eigenvalue weighted by molar-refractivity contribution is -0.121. The number of hydrogen-bond donors (Lipinski definition) is 2. The lowest BCUT2D eigenvalue weighted by Crippen LogP contribution is -2.23. The van der Waals surface area contributed by atoms with E-state index in [1.807, 2.05) is 0 Å². The van der Waals surface area contributed by atoms with Crippen LogP contribution in [-0.2, 0) is 11.2 Å². The van der Waals surface area contributed by atoms with Crippen molar-refractivity contribution in [3.8, 4) is 0 Å². The van der Waals surface area contributed by atoms with Gasteiger partial charge >= 0.3 is 5.97 Å². The number of H-pyrrole nitrogens is 1. The van der Waals surface area contributed by atoms with Crippen molar-refractivity contribution in [2.75, 3.05) is 0 Å². The van der Waals surface area contributed by atoms with Crippen LogP contribution in [-0.4, -0.2) is 27.7 Å². The molecule has 22 heavy (non-hydrogen) atoms. The summed E-state index contributed by atoms with van der Waals surface area (Å²) in [4.78, 5) is 30.3. The van der Waals surface area contributed by atoms with E-state index in [4.69, 9.17) is 0 Å². The fourth-order valence-corrected chi connectivity index (χ4v) is 3.16. The molecule has 0 saturated heterocycles. The first-order valence-corrected chi connectivity index (χ1v) is 6.97. The molecule has 2 atom stereocenters. The molecule has 6 heteroatoms. The Morgan fingerprint density at radius 1 is 1.41 bits per heavy atom. The number of nitrogens with zero attached hydrogens (tertiary/aromatic N) is 1. The van der Waals surface area contributed by atoms with E-state index >= 15 is 0 Å². The van der Waals surface area contributed by atoms with Crippen LogP contribution >= 0.6 is 0 Å². The van der Waals surface area contributed by atoms with Gasteiger partial charge in [-0.2, -0.15) is 0 Å². The summed E-state index contributed by atoms with van der Waals surface area (Å²) in [5.41, 5.74) is 2.65. The van der Waals surface area contributed by atoms with Crippen molar-refractivity contribution in [3.05, 3.63) is 46.6 Å². The van der Waals surface area contributed by atoms with E-state index in [1.165, 1.54) is 18.2 Å². The maximum absolute atomic E-state index is 13.4. The number of carbonyl (C=O) groups is 2. The summed E-state index contributed by atoms with van der Waals surface area (Å²) in [7, 11) is 0. The lowest BCUT2D eigenvalue weighted by atomic mass is 9.84. The number of aromatic carboxylic acids is 1. The number of carbonyl (C=O) groups excluding carboxylic acids is 1. The van der Waals surface area contributed by atoms with Gasteiger partial charge in [-0.05, 0) is 37.6 Å². The standard InChI is InChI=1S/C16H15FN2O3/c1-7-13(18-8(2)14(7)16(21)22)6-11-10-5-9(17)3-4-12(10)19-15(11)20/h3-5,10-11,18H,6H2,1-2H3,(H,21,22)/t10-,11-/m0/s1. The number of aromatic amines is 1. The molecular formula is C16H15FN2O3. The number of carboxylic acid groups (broad SMARTS) is 1. The van der Waals surface area contributed by atoms with Crippen LogP contribution in [0.1, 0.15) is 27.3 Å². The van der Waals surface area contributed by atoms with Gasteiger partial charge in [-0.3, -0.25) is 4.79 Å². The summed E-state index contributed by atoms with van der Waals surface area (Å²) in [6.07, 6.45) is 4.52. The molecule has 1 aliphatic carbocycles. The minimum Gasteiger partial charge on any atom is -0.478 e.